The Hall–Kier alpha value is -2.56. The third-order valence-corrected chi connectivity index (χ3v) is 3.00. The highest BCUT2D eigenvalue weighted by atomic mass is 16.5. The molecule has 0 saturated heterocycles. The van der Waals surface area contributed by atoms with Crippen molar-refractivity contribution in [1.29, 1.82) is 0 Å². The number of benzene rings is 1. The molecule has 0 spiro atoms. The van der Waals surface area contributed by atoms with Crippen LogP contribution >= 0.6 is 0 Å². The van der Waals surface area contributed by atoms with E-state index in [4.69, 9.17) is 4.74 Å². The number of phenolic OH excluding ortho intramolecular Hbond substituents is 1. The number of pyridine rings is 1. The van der Waals surface area contributed by atoms with E-state index in [0.29, 0.717) is 6.54 Å². The second-order valence-corrected chi connectivity index (χ2v) is 4.31. The van der Waals surface area contributed by atoms with E-state index in [-0.39, 0.29) is 23.0 Å². The molecule has 5 heteroatoms. The first-order valence-corrected chi connectivity index (χ1v) is 6.18. The van der Waals surface area contributed by atoms with Crippen molar-refractivity contribution in [3.05, 3.63) is 53.3 Å². The Morgan fingerprint density at radius 3 is 2.85 bits per heavy atom. The second kappa shape index (κ2) is 6.06. The van der Waals surface area contributed by atoms with Gasteiger partial charge in [0.05, 0.1) is 24.9 Å². The van der Waals surface area contributed by atoms with E-state index in [1.807, 2.05) is 19.1 Å². The summed E-state index contributed by atoms with van der Waals surface area (Å²) < 4.78 is 4.98. The molecule has 0 aliphatic carbocycles. The number of amides is 1. The van der Waals surface area contributed by atoms with Crippen molar-refractivity contribution in [3.8, 4) is 11.5 Å². The van der Waals surface area contributed by atoms with Gasteiger partial charge in [0, 0.05) is 6.20 Å². The number of aromatic hydroxyl groups is 1. The number of para-hydroxylation sites is 1. The summed E-state index contributed by atoms with van der Waals surface area (Å²) in [5.41, 5.74) is 1.98. The maximum Gasteiger partial charge on any atom is 0.255 e. The van der Waals surface area contributed by atoms with Gasteiger partial charge >= 0.3 is 0 Å². The third kappa shape index (κ3) is 2.88. The van der Waals surface area contributed by atoms with Gasteiger partial charge in [0.2, 0.25) is 0 Å². The SMILES string of the molecule is COc1cccc(C(=O)NCc2ncccc2C)c1O. The number of phenols is 1. The molecule has 20 heavy (non-hydrogen) atoms. The quantitative estimate of drug-likeness (QED) is 0.893. The molecule has 0 unspecified atom stereocenters. The molecule has 1 aromatic heterocycles. The molecule has 5 nitrogen and oxygen atoms in total. The molecule has 2 rings (SSSR count). The molecule has 0 aliphatic rings. The summed E-state index contributed by atoms with van der Waals surface area (Å²) in [4.78, 5) is 16.3. The molecule has 0 aliphatic heterocycles. The number of aryl methyl sites for hydroxylation is 1. The van der Waals surface area contributed by atoms with Gasteiger partial charge < -0.3 is 15.2 Å². The van der Waals surface area contributed by atoms with Crippen LogP contribution in [0.5, 0.6) is 11.5 Å². The fraction of sp³-hybridized carbons (Fsp3) is 0.200. The van der Waals surface area contributed by atoms with Crippen LogP contribution in [0.4, 0.5) is 0 Å². The van der Waals surface area contributed by atoms with Crippen LogP contribution in [0.3, 0.4) is 0 Å². The maximum atomic E-state index is 12.1. The molecule has 2 N–H and O–H groups in total. The summed E-state index contributed by atoms with van der Waals surface area (Å²) in [7, 11) is 1.44. The molecule has 1 aromatic carbocycles. The Balaban J connectivity index is 2.12. The van der Waals surface area contributed by atoms with Gasteiger partial charge in [-0.15, -0.1) is 0 Å². The number of ether oxygens (including phenoxy) is 1. The van der Waals surface area contributed by atoms with E-state index < -0.39 is 0 Å². The zero-order valence-corrected chi connectivity index (χ0v) is 11.4. The average Bonchev–Trinajstić information content (AvgIpc) is 2.46. The largest absolute Gasteiger partial charge is 0.504 e. The van der Waals surface area contributed by atoms with Crippen molar-refractivity contribution in [3.63, 3.8) is 0 Å². The molecule has 0 fully saturated rings. The normalized spacial score (nSPS) is 10.1. The lowest BCUT2D eigenvalue weighted by Gasteiger charge is -2.10. The lowest BCUT2D eigenvalue weighted by molar-refractivity contribution is 0.0947. The number of rotatable bonds is 4. The van der Waals surface area contributed by atoms with Crippen LogP contribution in [-0.2, 0) is 6.54 Å². The molecular weight excluding hydrogens is 256 g/mol. The van der Waals surface area contributed by atoms with Crippen LogP contribution in [-0.4, -0.2) is 23.1 Å². The van der Waals surface area contributed by atoms with Crippen LogP contribution in [0, 0.1) is 6.92 Å². The highest BCUT2D eigenvalue weighted by Crippen LogP contribution is 2.29. The topological polar surface area (TPSA) is 71.5 Å². The number of carbonyl (C=O) groups is 1. The van der Waals surface area contributed by atoms with Crippen molar-refractivity contribution in [2.45, 2.75) is 13.5 Å². The monoisotopic (exact) mass is 272 g/mol. The standard InChI is InChI=1S/C15H16N2O3/c1-10-5-4-8-16-12(10)9-17-15(19)11-6-3-7-13(20-2)14(11)18/h3-8,18H,9H2,1-2H3,(H,17,19). The zero-order chi connectivity index (χ0) is 14.5. The molecule has 1 heterocycles. The number of methoxy groups -OCH3 is 1. The molecule has 104 valence electrons. The molecule has 2 aromatic rings. The predicted molar refractivity (Wildman–Crippen MR) is 74.8 cm³/mol. The molecule has 0 atom stereocenters. The van der Waals surface area contributed by atoms with Crippen LogP contribution in [0.25, 0.3) is 0 Å². The molecule has 0 saturated carbocycles. The lowest BCUT2D eigenvalue weighted by atomic mass is 10.1. The fourth-order valence-electron chi connectivity index (χ4n) is 1.83. The van der Waals surface area contributed by atoms with Gasteiger partial charge in [-0.25, -0.2) is 0 Å². The Kier molecular flexibility index (Phi) is 4.20. The first-order valence-electron chi connectivity index (χ1n) is 6.18. The fourth-order valence-corrected chi connectivity index (χ4v) is 1.83. The smallest absolute Gasteiger partial charge is 0.255 e. The Morgan fingerprint density at radius 2 is 2.15 bits per heavy atom. The maximum absolute atomic E-state index is 12.1. The van der Waals surface area contributed by atoms with Gasteiger partial charge in [0.25, 0.3) is 5.91 Å². The van der Waals surface area contributed by atoms with Crippen molar-refractivity contribution in [1.82, 2.24) is 10.3 Å². The van der Waals surface area contributed by atoms with Crippen molar-refractivity contribution < 1.29 is 14.6 Å². The van der Waals surface area contributed by atoms with Gasteiger partial charge in [-0.1, -0.05) is 12.1 Å². The van der Waals surface area contributed by atoms with E-state index in [9.17, 15) is 9.90 Å². The Bertz CT molecular complexity index is 626. The number of nitrogens with zero attached hydrogens (tertiary/aromatic N) is 1. The van der Waals surface area contributed by atoms with Gasteiger partial charge in [0.1, 0.15) is 0 Å². The minimum atomic E-state index is -0.369. The number of hydrogen-bond acceptors (Lipinski definition) is 4. The Morgan fingerprint density at radius 1 is 1.35 bits per heavy atom. The minimum Gasteiger partial charge on any atom is -0.504 e. The third-order valence-electron chi connectivity index (χ3n) is 3.00. The number of carbonyl (C=O) groups excluding carboxylic acids is 1. The number of hydrogen-bond donors (Lipinski definition) is 2. The van der Waals surface area contributed by atoms with Crippen LogP contribution in [0.2, 0.25) is 0 Å². The van der Waals surface area contributed by atoms with E-state index in [2.05, 4.69) is 10.3 Å². The molecular formula is C15H16N2O3. The average molecular weight is 272 g/mol. The minimum absolute atomic E-state index is 0.162. The number of nitrogens with one attached hydrogen (secondary N) is 1. The van der Waals surface area contributed by atoms with E-state index in [1.165, 1.54) is 7.11 Å². The second-order valence-electron chi connectivity index (χ2n) is 4.31. The molecule has 1 amide bonds. The van der Waals surface area contributed by atoms with E-state index in [1.54, 1.807) is 24.4 Å². The number of aromatic nitrogens is 1. The van der Waals surface area contributed by atoms with Crippen LogP contribution in [0.15, 0.2) is 36.5 Å². The van der Waals surface area contributed by atoms with Gasteiger partial charge in [0.15, 0.2) is 11.5 Å². The van der Waals surface area contributed by atoms with Crippen molar-refractivity contribution >= 4 is 5.91 Å². The van der Waals surface area contributed by atoms with Crippen molar-refractivity contribution in [2.75, 3.05) is 7.11 Å². The molecule has 0 bridgehead atoms. The first-order chi connectivity index (χ1) is 9.63. The summed E-state index contributed by atoms with van der Waals surface area (Å²) in [6.07, 6.45) is 1.68. The summed E-state index contributed by atoms with van der Waals surface area (Å²) in [5.74, 6) is -0.261. The van der Waals surface area contributed by atoms with E-state index in [0.717, 1.165) is 11.3 Å². The summed E-state index contributed by atoms with van der Waals surface area (Å²) in [6, 6.07) is 8.55. The molecule has 0 radical (unpaired) electrons. The van der Waals surface area contributed by atoms with Gasteiger partial charge in [-0.2, -0.15) is 0 Å². The highest BCUT2D eigenvalue weighted by molar-refractivity contribution is 5.97. The van der Waals surface area contributed by atoms with Crippen molar-refractivity contribution in [2.24, 2.45) is 0 Å². The summed E-state index contributed by atoms with van der Waals surface area (Å²) >= 11 is 0. The lowest BCUT2D eigenvalue weighted by Crippen LogP contribution is -2.23. The summed E-state index contributed by atoms with van der Waals surface area (Å²) in [6.45, 7) is 2.24. The van der Waals surface area contributed by atoms with E-state index >= 15 is 0 Å². The summed E-state index contributed by atoms with van der Waals surface area (Å²) in [5, 5.41) is 12.6. The van der Waals surface area contributed by atoms with Crippen LogP contribution < -0.4 is 10.1 Å². The van der Waals surface area contributed by atoms with Gasteiger partial charge in [-0.3, -0.25) is 9.78 Å². The van der Waals surface area contributed by atoms with Crippen LogP contribution in [0.1, 0.15) is 21.6 Å². The zero-order valence-electron chi connectivity index (χ0n) is 11.4. The highest BCUT2D eigenvalue weighted by Gasteiger charge is 2.14. The first kappa shape index (κ1) is 13.9. The van der Waals surface area contributed by atoms with Gasteiger partial charge in [-0.05, 0) is 30.7 Å². The Labute approximate surface area is 117 Å². The predicted octanol–water partition coefficient (Wildman–Crippen LogP) is 2.03.